The molecule has 1 N–H and O–H groups in total. The Labute approximate surface area is 114 Å². The number of thioether (sulfide) groups is 1. The third-order valence-corrected chi connectivity index (χ3v) is 3.67. The molecule has 0 fully saturated rings. The van der Waals surface area contributed by atoms with Crippen LogP contribution in [0, 0.1) is 25.2 Å². The van der Waals surface area contributed by atoms with Crippen molar-refractivity contribution in [1.29, 1.82) is 5.26 Å². The van der Waals surface area contributed by atoms with Crippen molar-refractivity contribution >= 4 is 17.4 Å². The molecule has 0 aromatic carbocycles. The summed E-state index contributed by atoms with van der Waals surface area (Å²) in [5.41, 5.74) is 3.33. The summed E-state index contributed by atoms with van der Waals surface area (Å²) in [5.74, 6) is 2.30. The van der Waals surface area contributed by atoms with Crippen LogP contribution in [-0.4, -0.2) is 22.5 Å². The van der Waals surface area contributed by atoms with Crippen LogP contribution in [-0.2, 0) is 0 Å². The highest BCUT2D eigenvalue weighted by Crippen LogP contribution is 2.20. The molecule has 0 spiro atoms. The van der Waals surface area contributed by atoms with Crippen LogP contribution in [0.4, 0.5) is 5.69 Å². The maximum atomic E-state index is 9.18. The van der Waals surface area contributed by atoms with Gasteiger partial charge in [0.15, 0.2) is 0 Å². The Hall–Kier alpha value is -1.21. The van der Waals surface area contributed by atoms with Crippen LogP contribution in [0.3, 0.4) is 0 Å². The van der Waals surface area contributed by atoms with Crippen LogP contribution in [0.5, 0.6) is 0 Å². The maximum Gasteiger partial charge on any atom is 0.103 e. The average Bonchev–Trinajstić information content (AvgIpc) is 2.28. The van der Waals surface area contributed by atoms with Crippen LogP contribution in [0.15, 0.2) is 6.07 Å². The van der Waals surface area contributed by atoms with Crippen LogP contribution < -0.4 is 5.32 Å². The zero-order valence-corrected chi connectivity index (χ0v) is 12.4. The Bertz CT molecular complexity index is 437. The van der Waals surface area contributed by atoms with Gasteiger partial charge in [-0.3, -0.25) is 4.98 Å². The van der Waals surface area contributed by atoms with Crippen molar-refractivity contribution in [2.24, 2.45) is 0 Å². The third-order valence-electron chi connectivity index (χ3n) is 2.74. The van der Waals surface area contributed by atoms with Gasteiger partial charge >= 0.3 is 0 Å². The molecule has 0 amide bonds. The summed E-state index contributed by atoms with van der Waals surface area (Å²) >= 11 is 1.95. The van der Waals surface area contributed by atoms with Gasteiger partial charge in [0.25, 0.3) is 0 Å². The SMILES string of the molecule is CCSCCC(C)Nc1cc(C)nc(C)c1C#N. The highest BCUT2D eigenvalue weighted by Gasteiger charge is 2.10. The lowest BCUT2D eigenvalue weighted by Gasteiger charge is -2.17. The summed E-state index contributed by atoms with van der Waals surface area (Å²) in [4.78, 5) is 4.32. The van der Waals surface area contributed by atoms with E-state index in [9.17, 15) is 5.26 Å². The largest absolute Gasteiger partial charge is 0.381 e. The van der Waals surface area contributed by atoms with E-state index in [0.717, 1.165) is 35.0 Å². The molecule has 18 heavy (non-hydrogen) atoms. The van der Waals surface area contributed by atoms with Crippen LogP contribution >= 0.6 is 11.8 Å². The summed E-state index contributed by atoms with van der Waals surface area (Å²) in [6, 6.07) is 4.56. The summed E-state index contributed by atoms with van der Waals surface area (Å²) in [7, 11) is 0. The molecule has 0 radical (unpaired) electrons. The van der Waals surface area contributed by atoms with Gasteiger partial charge in [-0.1, -0.05) is 6.92 Å². The normalized spacial score (nSPS) is 11.9. The van der Waals surface area contributed by atoms with E-state index >= 15 is 0 Å². The molecule has 1 aromatic rings. The van der Waals surface area contributed by atoms with E-state index in [1.807, 2.05) is 31.7 Å². The van der Waals surface area contributed by atoms with Crippen molar-refractivity contribution in [2.75, 3.05) is 16.8 Å². The first-order valence-corrected chi connectivity index (χ1v) is 7.46. The average molecular weight is 263 g/mol. The molecule has 1 aromatic heterocycles. The van der Waals surface area contributed by atoms with Gasteiger partial charge in [-0.05, 0) is 44.8 Å². The van der Waals surface area contributed by atoms with E-state index in [4.69, 9.17) is 0 Å². The molecule has 1 heterocycles. The first-order valence-electron chi connectivity index (χ1n) is 6.31. The molecule has 0 saturated carbocycles. The number of nitriles is 1. The topological polar surface area (TPSA) is 48.7 Å². The molecule has 1 unspecified atom stereocenters. The van der Waals surface area contributed by atoms with Gasteiger partial charge in [-0.2, -0.15) is 17.0 Å². The van der Waals surface area contributed by atoms with Crippen molar-refractivity contribution in [3.63, 3.8) is 0 Å². The number of nitrogens with one attached hydrogen (secondary N) is 1. The Morgan fingerprint density at radius 1 is 1.50 bits per heavy atom. The molecule has 0 aliphatic heterocycles. The molecule has 3 nitrogen and oxygen atoms in total. The zero-order chi connectivity index (χ0) is 13.5. The van der Waals surface area contributed by atoms with Gasteiger partial charge in [0.2, 0.25) is 0 Å². The summed E-state index contributed by atoms with van der Waals surface area (Å²) in [5, 5.41) is 12.6. The van der Waals surface area contributed by atoms with Gasteiger partial charge in [0.05, 0.1) is 16.9 Å². The second kappa shape index (κ2) is 7.27. The predicted molar refractivity (Wildman–Crippen MR) is 79.1 cm³/mol. The summed E-state index contributed by atoms with van der Waals surface area (Å²) in [6.45, 7) is 8.17. The standard InChI is InChI=1S/C14H21N3S/c1-5-18-7-6-10(2)17-14-8-11(3)16-12(4)13(14)9-15/h8,10H,5-7H2,1-4H3,(H,16,17). The van der Waals surface area contributed by atoms with E-state index < -0.39 is 0 Å². The Balaban J connectivity index is 2.74. The van der Waals surface area contributed by atoms with E-state index in [0.29, 0.717) is 11.6 Å². The Morgan fingerprint density at radius 3 is 2.83 bits per heavy atom. The van der Waals surface area contributed by atoms with Gasteiger partial charge < -0.3 is 5.32 Å². The minimum Gasteiger partial charge on any atom is -0.381 e. The number of pyridine rings is 1. The molecule has 0 bridgehead atoms. The molecular weight excluding hydrogens is 242 g/mol. The zero-order valence-electron chi connectivity index (χ0n) is 11.6. The number of aryl methyl sites for hydroxylation is 2. The Morgan fingerprint density at radius 2 is 2.22 bits per heavy atom. The smallest absolute Gasteiger partial charge is 0.103 e. The summed E-state index contributed by atoms with van der Waals surface area (Å²) in [6.07, 6.45) is 1.10. The molecule has 1 atom stereocenters. The lowest BCUT2D eigenvalue weighted by molar-refractivity contribution is 0.770. The van der Waals surface area contributed by atoms with Gasteiger partial charge in [0, 0.05) is 11.7 Å². The van der Waals surface area contributed by atoms with Crippen molar-refractivity contribution in [1.82, 2.24) is 4.98 Å². The van der Waals surface area contributed by atoms with E-state index in [1.54, 1.807) is 0 Å². The molecular formula is C14H21N3S. The first kappa shape index (κ1) is 14.8. The number of rotatable bonds is 6. The number of hydrogen-bond acceptors (Lipinski definition) is 4. The molecule has 1 rings (SSSR count). The fourth-order valence-corrected chi connectivity index (χ4v) is 2.63. The van der Waals surface area contributed by atoms with Gasteiger partial charge in [-0.25, -0.2) is 0 Å². The molecule has 0 aliphatic carbocycles. The van der Waals surface area contributed by atoms with Crippen LogP contribution in [0.2, 0.25) is 0 Å². The maximum absolute atomic E-state index is 9.18. The van der Waals surface area contributed by atoms with Crippen molar-refractivity contribution < 1.29 is 0 Å². The second-order valence-electron chi connectivity index (χ2n) is 4.41. The van der Waals surface area contributed by atoms with Gasteiger partial charge in [-0.15, -0.1) is 0 Å². The fourth-order valence-electron chi connectivity index (χ4n) is 1.83. The molecule has 4 heteroatoms. The third kappa shape index (κ3) is 4.23. The van der Waals surface area contributed by atoms with E-state index in [2.05, 4.69) is 30.2 Å². The molecule has 0 aliphatic rings. The molecule has 0 saturated heterocycles. The van der Waals surface area contributed by atoms with Gasteiger partial charge in [0.1, 0.15) is 6.07 Å². The number of aromatic nitrogens is 1. The van der Waals surface area contributed by atoms with Crippen LogP contribution in [0.1, 0.15) is 37.2 Å². The Kier molecular flexibility index (Phi) is 6.00. The van der Waals surface area contributed by atoms with E-state index in [-0.39, 0.29) is 0 Å². The monoisotopic (exact) mass is 263 g/mol. The summed E-state index contributed by atoms with van der Waals surface area (Å²) < 4.78 is 0. The number of hydrogen-bond donors (Lipinski definition) is 1. The number of anilines is 1. The van der Waals surface area contributed by atoms with Crippen LogP contribution in [0.25, 0.3) is 0 Å². The lowest BCUT2D eigenvalue weighted by Crippen LogP contribution is -2.17. The minimum atomic E-state index is 0.373. The van der Waals surface area contributed by atoms with E-state index in [1.165, 1.54) is 0 Å². The van der Waals surface area contributed by atoms with Crippen molar-refractivity contribution in [3.05, 3.63) is 23.0 Å². The quantitative estimate of drug-likeness (QED) is 0.798. The second-order valence-corrected chi connectivity index (χ2v) is 5.81. The predicted octanol–water partition coefficient (Wildman–Crippen LogP) is 3.51. The molecule has 98 valence electrons. The minimum absolute atomic E-state index is 0.373. The number of nitrogens with zero attached hydrogens (tertiary/aromatic N) is 2. The highest BCUT2D eigenvalue weighted by atomic mass is 32.2. The van der Waals surface area contributed by atoms with Crippen molar-refractivity contribution in [2.45, 2.75) is 40.2 Å². The lowest BCUT2D eigenvalue weighted by atomic mass is 10.1. The fraction of sp³-hybridized carbons (Fsp3) is 0.571. The van der Waals surface area contributed by atoms with Crippen molar-refractivity contribution in [3.8, 4) is 6.07 Å². The first-order chi connectivity index (χ1) is 8.58. The highest BCUT2D eigenvalue weighted by molar-refractivity contribution is 7.99.